The van der Waals surface area contributed by atoms with E-state index in [4.69, 9.17) is 4.74 Å². The summed E-state index contributed by atoms with van der Waals surface area (Å²) in [6.07, 6.45) is 3.68. The lowest BCUT2D eigenvalue weighted by Crippen LogP contribution is -2.15. The third kappa shape index (κ3) is 3.72. The zero-order valence-electron chi connectivity index (χ0n) is 11.5. The van der Waals surface area contributed by atoms with Gasteiger partial charge in [0.2, 0.25) is 0 Å². The van der Waals surface area contributed by atoms with Crippen LogP contribution in [0.25, 0.3) is 0 Å². The van der Waals surface area contributed by atoms with Gasteiger partial charge in [0.15, 0.2) is 12.4 Å². The van der Waals surface area contributed by atoms with Gasteiger partial charge in [-0.2, -0.15) is 0 Å². The number of ether oxygens (including phenoxy) is 1. The molecule has 0 saturated carbocycles. The molecular formula is C16H14FNO3. The van der Waals surface area contributed by atoms with Crippen LogP contribution in [0.4, 0.5) is 4.39 Å². The molecule has 0 aliphatic rings. The quantitative estimate of drug-likeness (QED) is 0.627. The number of carbonyl (C=O) groups excluding carboxylic acids is 2. The highest BCUT2D eigenvalue weighted by atomic mass is 19.1. The average molecular weight is 287 g/mol. The summed E-state index contributed by atoms with van der Waals surface area (Å²) >= 11 is 0. The lowest BCUT2D eigenvalue weighted by atomic mass is 10.1. The standard InChI is InChI=1S/C16H14FNO3/c1-2-11-7-8-18-9-14(11)16(20)21-10-15(19)12-3-5-13(17)6-4-12/h3-9H,2,10H2,1H3. The Morgan fingerprint density at radius 1 is 1.19 bits per heavy atom. The topological polar surface area (TPSA) is 56.3 Å². The largest absolute Gasteiger partial charge is 0.454 e. The van der Waals surface area contributed by atoms with Crippen LogP contribution in [0.5, 0.6) is 0 Å². The van der Waals surface area contributed by atoms with Gasteiger partial charge in [-0.15, -0.1) is 0 Å². The third-order valence-corrected chi connectivity index (χ3v) is 3.01. The minimum atomic E-state index is -0.588. The number of benzene rings is 1. The first-order valence-corrected chi connectivity index (χ1v) is 6.50. The van der Waals surface area contributed by atoms with Crippen molar-refractivity contribution in [2.24, 2.45) is 0 Å². The van der Waals surface area contributed by atoms with Crippen LogP contribution < -0.4 is 0 Å². The number of nitrogens with zero attached hydrogens (tertiary/aromatic N) is 1. The molecular weight excluding hydrogens is 273 g/mol. The Morgan fingerprint density at radius 2 is 1.90 bits per heavy atom. The Hall–Kier alpha value is -2.56. The second-order valence-electron chi connectivity index (χ2n) is 4.39. The van der Waals surface area contributed by atoms with Gasteiger partial charge in [0.05, 0.1) is 5.56 Å². The van der Waals surface area contributed by atoms with Gasteiger partial charge >= 0.3 is 5.97 Å². The number of rotatable bonds is 5. The maximum Gasteiger partial charge on any atom is 0.340 e. The van der Waals surface area contributed by atoms with Crippen LogP contribution in [0.15, 0.2) is 42.7 Å². The summed E-state index contributed by atoms with van der Waals surface area (Å²) in [6, 6.07) is 6.81. The number of hydrogen-bond donors (Lipinski definition) is 0. The highest BCUT2D eigenvalue weighted by Gasteiger charge is 2.14. The lowest BCUT2D eigenvalue weighted by molar-refractivity contribution is 0.0473. The molecule has 0 aliphatic heterocycles. The molecule has 0 radical (unpaired) electrons. The van der Waals surface area contributed by atoms with E-state index >= 15 is 0 Å². The van der Waals surface area contributed by atoms with E-state index < -0.39 is 11.8 Å². The van der Waals surface area contributed by atoms with Crippen molar-refractivity contribution in [3.05, 3.63) is 65.2 Å². The van der Waals surface area contributed by atoms with Crippen LogP contribution in [-0.4, -0.2) is 23.3 Å². The highest BCUT2D eigenvalue weighted by molar-refractivity contribution is 5.99. The van der Waals surface area contributed by atoms with Crippen LogP contribution in [0.1, 0.15) is 33.2 Å². The molecule has 0 aliphatic carbocycles. The smallest absolute Gasteiger partial charge is 0.340 e. The fourth-order valence-corrected chi connectivity index (χ4v) is 1.84. The molecule has 5 heteroatoms. The number of Topliss-reactive ketones (excluding diaryl/α,β-unsaturated/α-hetero) is 1. The molecule has 108 valence electrons. The van der Waals surface area contributed by atoms with Gasteiger partial charge < -0.3 is 4.74 Å². The minimum Gasteiger partial charge on any atom is -0.454 e. The molecule has 4 nitrogen and oxygen atoms in total. The second-order valence-corrected chi connectivity index (χ2v) is 4.39. The van der Waals surface area contributed by atoms with E-state index in [0.717, 1.165) is 5.56 Å². The summed E-state index contributed by atoms with van der Waals surface area (Å²) < 4.78 is 17.8. The normalized spacial score (nSPS) is 10.2. The summed E-state index contributed by atoms with van der Waals surface area (Å²) in [5, 5.41) is 0. The summed E-state index contributed by atoms with van der Waals surface area (Å²) in [5.74, 6) is -1.40. The number of ketones is 1. The average Bonchev–Trinajstić information content (AvgIpc) is 2.52. The molecule has 0 bridgehead atoms. The summed E-state index contributed by atoms with van der Waals surface area (Å²) in [4.78, 5) is 27.7. The third-order valence-electron chi connectivity index (χ3n) is 3.01. The van der Waals surface area contributed by atoms with Crippen LogP contribution in [0.2, 0.25) is 0 Å². The first-order chi connectivity index (χ1) is 10.1. The summed E-state index contributed by atoms with van der Waals surface area (Å²) in [5.41, 5.74) is 1.46. The van der Waals surface area contributed by atoms with E-state index in [1.807, 2.05) is 6.92 Å². The van der Waals surface area contributed by atoms with Crippen LogP contribution in [0.3, 0.4) is 0 Å². The molecule has 2 aromatic rings. The Balaban J connectivity index is 2.01. The minimum absolute atomic E-state index is 0.297. The maximum atomic E-state index is 12.8. The number of carbonyl (C=O) groups is 2. The predicted molar refractivity (Wildman–Crippen MR) is 74.6 cm³/mol. The van der Waals surface area contributed by atoms with Gasteiger partial charge in [-0.1, -0.05) is 6.92 Å². The van der Waals surface area contributed by atoms with E-state index in [1.54, 1.807) is 12.3 Å². The van der Waals surface area contributed by atoms with Crippen molar-refractivity contribution in [3.63, 3.8) is 0 Å². The Kier molecular flexibility index (Phi) is 4.77. The van der Waals surface area contributed by atoms with Crippen LogP contribution >= 0.6 is 0 Å². The number of halogens is 1. The van der Waals surface area contributed by atoms with Gasteiger partial charge in [0, 0.05) is 18.0 Å². The first-order valence-electron chi connectivity index (χ1n) is 6.50. The van der Waals surface area contributed by atoms with Crippen molar-refractivity contribution in [3.8, 4) is 0 Å². The van der Waals surface area contributed by atoms with Gasteiger partial charge in [-0.05, 0) is 42.3 Å². The van der Waals surface area contributed by atoms with Crippen molar-refractivity contribution in [2.45, 2.75) is 13.3 Å². The monoisotopic (exact) mass is 287 g/mol. The van der Waals surface area contributed by atoms with Gasteiger partial charge in [-0.25, -0.2) is 9.18 Å². The van der Waals surface area contributed by atoms with Crippen LogP contribution in [0, 0.1) is 5.82 Å². The van der Waals surface area contributed by atoms with E-state index in [2.05, 4.69) is 4.98 Å². The van der Waals surface area contributed by atoms with E-state index in [9.17, 15) is 14.0 Å². The van der Waals surface area contributed by atoms with Crippen molar-refractivity contribution in [1.29, 1.82) is 0 Å². The molecule has 2 rings (SSSR count). The molecule has 0 atom stereocenters. The van der Waals surface area contributed by atoms with E-state index in [1.165, 1.54) is 30.5 Å². The molecule has 21 heavy (non-hydrogen) atoms. The number of pyridine rings is 1. The summed E-state index contributed by atoms with van der Waals surface area (Å²) in [6.45, 7) is 1.53. The molecule has 1 aromatic carbocycles. The predicted octanol–water partition coefficient (Wildman–Crippen LogP) is 2.82. The van der Waals surface area contributed by atoms with Crippen LogP contribution in [-0.2, 0) is 11.2 Å². The number of hydrogen-bond acceptors (Lipinski definition) is 4. The lowest BCUT2D eigenvalue weighted by Gasteiger charge is -2.07. The SMILES string of the molecule is CCc1ccncc1C(=O)OCC(=O)c1ccc(F)cc1. The van der Waals surface area contributed by atoms with Gasteiger partial charge in [-0.3, -0.25) is 9.78 Å². The van der Waals surface area contributed by atoms with Gasteiger partial charge in [0.1, 0.15) is 5.82 Å². The number of aromatic nitrogens is 1. The molecule has 1 aromatic heterocycles. The number of aryl methyl sites for hydroxylation is 1. The van der Waals surface area contributed by atoms with Crippen molar-refractivity contribution in [1.82, 2.24) is 4.98 Å². The van der Waals surface area contributed by atoms with Gasteiger partial charge in [0.25, 0.3) is 0 Å². The Bertz CT molecular complexity index is 653. The van der Waals surface area contributed by atoms with Crippen molar-refractivity contribution in [2.75, 3.05) is 6.61 Å². The molecule has 0 N–H and O–H groups in total. The number of esters is 1. The Labute approximate surface area is 121 Å². The zero-order chi connectivity index (χ0) is 15.2. The van der Waals surface area contributed by atoms with E-state index in [0.29, 0.717) is 17.5 Å². The molecule has 1 heterocycles. The van der Waals surface area contributed by atoms with Crippen molar-refractivity contribution >= 4 is 11.8 Å². The zero-order valence-corrected chi connectivity index (χ0v) is 11.5. The molecule has 0 spiro atoms. The van der Waals surface area contributed by atoms with Crippen molar-refractivity contribution < 1.29 is 18.7 Å². The molecule has 0 fully saturated rings. The molecule has 0 amide bonds. The fraction of sp³-hybridized carbons (Fsp3) is 0.188. The first kappa shape index (κ1) is 14.8. The fourth-order valence-electron chi connectivity index (χ4n) is 1.84. The molecule has 0 unspecified atom stereocenters. The maximum absolute atomic E-state index is 12.8. The Morgan fingerprint density at radius 3 is 2.57 bits per heavy atom. The second kappa shape index (κ2) is 6.74. The highest BCUT2D eigenvalue weighted by Crippen LogP contribution is 2.10. The summed E-state index contributed by atoms with van der Waals surface area (Å²) in [7, 11) is 0. The van der Waals surface area contributed by atoms with E-state index in [-0.39, 0.29) is 12.4 Å². The molecule has 0 saturated heterocycles.